The van der Waals surface area contributed by atoms with Crippen molar-refractivity contribution < 1.29 is 33.1 Å². The summed E-state index contributed by atoms with van der Waals surface area (Å²) in [5, 5.41) is 23.5. The van der Waals surface area contributed by atoms with E-state index in [1.165, 1.54) is 6.07 Å². The van der Waals surface area contributed by atoms with Gasteiger partial charge in [0.05, 0.1) is 27.4 Å². The fourth-order valence-corrected chi connectivity index (χ4v) is 9.76. The molecule has 3 saturated heterocycles. The van der Waals surface area contributed by atoms with Crippen molar-refractivity contribution in [3.8, 4) is 11.8 Å². The molecule has 2 aromatic carbocycles. The number of anilines is 2. The van der Waals surface area contributed by atoms with Crippen molar-refractivity contribution >= 4 is 52.6 Å². The fraction of sp³-hybridized carbons (Fsp3) is 0.463. The largest absolute Gasteiger partial charge is 0.489 e. The Hall–Kier alpha value is -5.66. The van der Waals surface area contributed by atoms with Crippen LogP contribution in [0.4, 0.5) is 15.9 Å². The number of amides is 5. The molecule has 1 aromatic heterocycles. The maximum absolute atomic E-state index is 15.4. The van der Waals surface area contributed by atoms with Crippen LogP contribution < -0.4 is 25.2 Å². The molecule has 1 atom stereocenters. The van der Waals surface area contributed by atoms with Gasteiger partial charge in [-0.15, -0.1) is 10.2 Å². The number of ether oxygens (including phenoxy) is 1. The number of aromatic nitrogens is 2. The minimum Gasteiger partial charge on any atom is -0.489 e. The Labute approximate surface area is 339 Å². The first kappa shape index (κ1) is 39.2. The summed E-state index contributed by atoms with van der Waals surface area (Å²) in [6.45, 7) is 12.9. The van der Waals surface area contributed by atoms with Crippen LogP contribution in [0, 0.1) is 33.9 Å². The summed E-state index contributed by atoms with van der Waals surface area (Å²) in [6, 6.07) is 11.7. The number of rotatable bonds is 9. The number of fused-ring (bicyclic) bond motifs is 1. The van der Waals surface area contributed by atoms with Gasteiger partial charge < -0.3 is 19.9 Å². The van der Waals surface area contributed by atoms with Gasteiger partial charge in [0.25, 0.3) is 17.7 Å². The summed E-state index contributed by atoms with van der Waals surface area (Å²) in [4.78, 5) is 70.9. The molecule has 17 heteroatoms. The quantitative estimate of drug-likeness (QED) is 0.301. The number of hydrogen-bond donors (Lipinski definition) is 2. The van der Waals surface area contributed by atoms with Crippen molar-refractivity contribution in [2.24, 2.45) is 16.7 Å². The molecule has 1 saturated carbocycles. The van der Waals surface area contributed by atoms with E-state index in [-0.39, 0.29) is 53.4 Å². The number of carbonyl (C=O) groups excluding carboxylic acids is 5. The Balaban J connectivity index is 0.804. The molecule has 4 fully saturated rings. The Morgan fingerprint density at radius 3 is 2.28 bits per heavy atom. The number of nitrogens with zero attached hydrogens (tertiary/aromatic N) is 7. The SMILES string of the molecule is CC1(C)C(NC(=O)c2ccc(N3CC(CN4CCN(c5cc6c(cc5F)C(=O)N(C5CCC(=O)NC5=O)C6=O)CC4)C3)nn2)C(C)(C)C1Oc1ccc(C#N)c(Cl)c1. The molecule has 0 radical (unpaired) electrons. The second-order valence-electron chi connectivity index (χ2n) is 16.9. The number of hydrogen-bond acceptors (Lipinski definition) is 12. The van der Waals surface area contributed by atoms with Gasteiger partial charge in [-0.05, 0) is 42.8 Å². The van der Waals surface area contributed by atoms with E-state index in [0.29, 0.717) is 54.3 Å². The maximum Gasteiger partial charge on any atom is 0.272 e. The van der Waals surface area contributed by atoms with Crippen molar-refractivity contribution in [3.05, 3.63) is 75.7 Å². The number of imide groups is 2. The summed E-state index contributed by atoms with van der Waals surface area (Å²) in [5.74, 6) is -1.88. The molecule has 0 bridgehead atoms. The molecule has 3 aromatic rings. The van der Waals surface area contributed by atoms with E-state index < -0.39 is 46.3 Å². The van der Waals surface area contributed by atoms with Crippen molar-refractivity contribution in [2.75, 3.05) is 55.6 Å². The van der Waals surface area contributed by atoms with E-state index in [1.807, 2.05) is 44.7 Å². The molecule has 15 nitrogen and oxygen atoms in total. The van der Waals surface area contributed by atoms with E-state index in [0.717, 1.165) is 30.6 Å². The van der Waals surface area contributed by atoms with Crippen molar-refractivity contribution in [2.45, 2.75) is 58.7 Å². The highest BCUT2D eigenvalue weighted by Crippen LogP contribution is 2.55. The lowest BCUT2D eigenvalue weighted by atomic mass is 9.49. The van der Waals surface area contributed by atoms with Crippen molar-refractivity contribution in [3.63, 3.8) is 0 Å². The van der Waals surface area contributed by atoms with Gasteiger partial charge in [-0.1, -0.05) is 39.3 Å². The molecule has 8 rings (SSSR count). The molecular formula is C41H43ClFN9O6. The number of nitriles is 1. The predicted molar refractivity (Wildman–Crippen MR) is 209 cm³/mol. The number of carbonyl (C=O) groups is 5. The zero-order chi connectivity index (χ0) is 41.3. The zero-order valence-corrected chi connectivity index (χ0v) is 33.3. The van der Waals surface area contributed by atoms with Crippen LogP contribution in [0.3, 0.4) is 0 Å². The molecule has 2 N–H and O–H groups in total. The summed E-state index contributed by atoms with van der Waals surface area (Å²) in [5.41, 5.74) is -0.0427. The zero-order valence-electron chi connectivity index (χ0n) is 32.6. The first-order valence-electron chi connectivity index (χ1n) is 19.3. The molecule has 302 valence electrons. The van der Waals surface area contributed by atoms with Crippen LogP contribution in [0.5, 0.6) is 5.75 Å². The minimum atomic E-state index is -1.11. The molecule has 5 heterocycles. The number of benzene rings is 2. The molecule has 5 amide bonds. The van der Waals surface area contributed by atoms with Crippen LogP contribution in [0.25, 0.3) is 0 Å². The van der Waals surface area contributed by atoms with Gasteiger partial charge in [0.2, 0.25) is 11.8 Å². The molecule has 0 spiro atoms. The Morgan fingerprint density at radius 1 is 0.966 bits per heavy atom. The highest BCUT2D eigenvalue weighted by atomic mass is 35.5. The number of halogens is 2. The lowest BCUT2D eigenvalue weighted by molar-refractivity contribution is -0.164. The maximum atomic E-state index is 15.4. The van der Waals surface area contributed by atoms with Gasteiger partial charge >= 0.3 is 0 Å². The van der Waals surface area contributed by atoms with E-state index in [1.54, 1.807) is 24.3 Å². The van der Waals surface area contributed by atoms with Gasteiger partial charge in [-0.2, -0.15) is 5.26 Å². The number of piperazine rings is 1. The van der Waals surface area contributed by atoms with Crippen molar-refractivity contribution in [1.29, 1.82) is 5.26 Å². The standard InChI is InChI=1S/C41H43ClFN9O6/c1-40(2)38(41(3,4)39(40)58-24-6-5-23(18-44)27(42)15-24)46-34(54)29-7-9-32(48-47-29)51-20-22(21-51)19-49-11-13-50(14-12-49)31-17-26-25(16-28(31)43)36(56)52(37(26)57)30-8-10-33(53)45-35(30)55/h5-7,9,15-17,22,30,38-39H,8,10-14,19-21H2,1-4H3,(H,46,54)(H,45,53,55). The van der Waals surface area contributed by atoms with Crippen LogP contribution in [0.1, 0.15) is 77.3 Å². The average Bonchev–Trinajstić information content (AvgIpc) is 3.41. The highest BCUT2D eigenvalue weighted by Gasteiger charge is 2.64. The summed E-state index contributed by atoms with van der Waals surface area (Å²) in [6.07, 6.45) is -0.200. The third-order valence-corrected chi connectivity index (χ3v) is 12.6. The van der Waals surface area contributed by atoms with Crippen molar-refractivity contribution in [1.82, 2.24) is 30.6 Å². The van der Waals surface area contributed by atoms with E-state index in [9.17, 15) is 29.2 Å². The fourth-order valence-electron chi connectivity index (χ4n) is 9.55. The first-order valence-corrected chi connectivity index (χ1v) is 19.7. The van der Waals surface area contributed by atoms with Crippen LogP contribution in [0.15, 0.2) is 42.5 Å². The predicted octanol–water partition coefficient (Wildman–Crippen LogP) is 3.41. The summed E-state index contributed by atoms with van der Waals surface area (Å²) in [7, 11) is 0. The van der Waals surface area contributed by atoms with Crippen LogP contribution in [-0.4, -0.2) is 114 Å². The van der Waals surface area contributed by atoms with Gasteiger partial charge in [0.15, 0.2) is 11.5 Å². The molecule has 1 aliphatic carbocycles. The average molecular weight is 812 g/mol. The Bertz CT molecular complexity index is 2250. The van der Waals surface area contributed by atoms with Crippen LogP contribution in [0.2, 0.25) is 5.02 Å². The molecule has 58 heavy (non-hydrogen) atoms. The first-order chi connectivity index (χ1) is 27.6. The Morgan fingerprint density at radius 2 is 1.66 bits per heavy atom. The topological polar surface area (TPSA) is 181 Å². The summed E-state index contributed by atoms with van der Waals surface area (Å²) < 4.78 is 21.7. The van der Waals surface area contributed by atoms with Gasteiger partial charge in [0.1, 0.15) is 29.8 Å². The van der Waals surface area contributed by atoms with Crippen LogP contribution >= 0.6 is 11.6 Å². The lowest BCUT2D eigenvalue weighted by Gasteiger charge is -2.63. The van der Waals surface area contributed by atoms with E-state index in [2.05, 4.69) is 30.6 Å². The Kier molecular flexibility index (Phi) is 9.87. The molecule has 1 unspecified atom stereocenters. The van der Waals surface area contributed by atoms with E-state index in [4.69, 9.17) is 16.3 Å². The highest BCUT2D eigenvalue weighted by molar-refractivity contribution is 6.31. The second kappa shape index (κ2) is 14.6. The van der Waals surface area contributed by atoms with Gasteiger partial charge in [-0.25, -0.2) is 4.39 Å². The van der Waals surface area contributed by atoms with Crippen LogP contribution in [-0.2, 0) is 9.59 Å². The third-order valence-electron chi connectivity index (χ3n) is 12.3. The minimum absolute atomic E-state index is 0.00616. The number of piperidine rings is 1. The smallest absolute Gasteiger partial charge is 0.272 e. The van der Waals surface area contributed by atoms with Gasteiger partial charge in [-0.3, -0.25) is 39.1 Å². The normalized spacial score (nSPS) is 24.1. The lowest BCUT2D eigenvalue weighted by Crippen LogP contribution is -2.74. The number of nitrogens with one attached hydrogen (secondary N) is 2. The monoisotopic (exact) mass is 811 g/mol. The molecule has 4 aliphatic heterocycles. The summed E-state index contributed by atoms with van der Waals surface area (Å²) >= 11 is 6.22. The molecule has 5 aliphatic rings. The van der Waals surface area contributed by atoms with Gasteiger partial charge in [0, 0.05) is 81.1 Å². The third kappa shape index (κ3) is 6.79. The second-order valence-corrected chi connectivity index (χ2v) is 17.3. The van der Waals surface area contributed by atoms with E-state index >= 15 is 4.39 Å². The molecular weight excluding hydrogens is 769 g/mol.